The Morgan fingerprint density at radius 2 is 1.68 bits per heavy atom. The Morgan fingerprint density at radius 3 is 2.32 bits per heavy atom. The number of methoxy groups -OCH3 is 1. The highest BCUT2D eigenvalue weighted by Crippen LogP contribution is 2.27. The van der Waals surface area contributed by atoms with Gasteiger partial charge in [-0.25, -0.2) is 0 Å². The Morgan fingerprint density at radius 1 is 1.02 bits per heavy atom. The lowest BCUT2D eigenvalue weighted by atomic mass is 9.81. The monoisotopic (exact) mass is 732 g/mol. The van der Waals surface area contributed by atoms with Crippen molar-refractivity contribution in [2.75, 3.05) is 7.11 Å². The molecule has 44 heavy (non-hydrogen) atoms. The molecule has 0 unspecified atom stereocenters. The average molecular weight is 733 g/mol. The van der Waals surface area contributed by atoms with Gasteiger partial charge in [-0.05, 0) is 49.0 Å². The zero-order valence-corrected chi connectivity index (χ0v) is 29.5. The molecule has 0 aromatic carbocycles. The van der Waals surface area contributed by atoms with Crippen LogP contribution >= 0.6 is 22.6 Å². The average Bonchev–Trinajstić information content (AvgIpc) is 2.98. The second-order valence-electron chi connectivity index (χ2n) is 12.4. The standard InChI is InChI=1S/C35H57IO8/c1-23(14-11-12-19-36)20-30(38)25(3)32-21-28(37)16-13-18-29(43-6)17-10-8-7-9-15-24(2)34(41)27(5)35(42)26(4)31(39)22-33(40)44-32/h7-12,14,19-20,24-32,34-35,37-39,41-42H,13,15-18,21-22H2,1-6H3/b9-7+,10-8-,14-11+,19-12+,23-20+/t24-,25+,26+,27-,28+,29+,30+,31+,32-,34+,35-/m0/s1. The van der Waals surface area contributed by atoms with E-state index in [-0.39, 0.29) is 24.9 Å². The van der Waals surface area contributed by atoms with Crippen molar-refractivity contribution in [1.82, 2.24) is 0 Å². The number of aliphatic hydroxyl groups is 5. The summed E-state index contributed by atoms with van der Waals surface area (Å²) in [5.41, 5.74) is 0.836. The maximum Gasteiger partial charge on any atom is 0.308 e. The number of allylic oxidation sites excluding steroid dienone is 7. The highest BCUT2D eigenvalue weighted by Gasteiger charge is 2.35. The Hall–Kier alpha value is -1.34. The lowest BCUT2D eigenvalue weighted by Crippen LogP contribution is -2.42. The number of halogens is 1. The van der Waals surface area contributed by atoms with Crippen LogP contribution in [0.15, 0.2) is 58.3 Å². The predicted molar refractivity (Wildman–Crippen MR) is 184 cm³/mol. The van der Waals surface area contributed by atoms with Gasteiger partial charge in [0, 0.05) is 31.3 Å². The van der Waals surface area contributed by atoms with E-state index in [1.807, 2.05) is 60.5 Å². The zero-order valence-electron chi connectivity index (χ0n) is 27.3. The summed E-state index contributed by atoms with van der Waals surface area (Å²) in [7, 11) is 1.67. The predicted octanol–water partition coefficient (Wildman–Crippen LogP) is 5.57. The SMILES string of the molecule is CO[C@@H]1C/C=C\C=C\C[C@H](C)[C@@H](O)[C@H](C)[C@@H](O)[C@H](C)[C@H](O)CC(=O)O[C@H]([C@H](C)[C@H](O)/C=C(C)/C=C/C=C/I)C[C@H](O)CCC1. The summed E-state index contributed by atoms with van der Waals surface area (Å²) in [6.45, 7) is 8.94. The van der Waals surface area contributed by atoms with Crippen molar-refractivity contribution < 1.29 is 39.8 Å². The van der Waals surface area contributed by atoms with E-state index in [0.29, 0.717) is 19.3 Å². The fourth-order valence-electron chi connectivity index (χ4n) is 5.44. The van der Waals surface area contributed by atoms with Crippen LogP contribution in [0.2, 0.25) is 0 Å². The molecule has 252 valence electrons. The summed E-state index contributed by atoms with van der Waals surface area (Å²) in [5, 5.41) is 54.7. The minimum atomic E-state index is -1.21. The van der Waals surface area contributed by atoms with Crippen LogP contribution in [-0.4, -0.2) is 81.3 Å². The highest BCUT2D eigenvalue weighted by molar-refractivity contribution is 14.1. The lowest BCUT2D eigenvalue weighted by Gasteiger charge is -2.33. The first-order valence-corrected chi connectivity index (χ1v) is 17.1. The molecular formula is C35H57IO8. The number of aliphatic hydroxyl groups excluding tert-OH is 5. The van der Waals surface area contributed by atoms with Gasteiger partial charge in [0.2, 0.25) is 0 Å². The smallest absolute Gasteiger partial charge is 0.308 e. The molecule has 0 spiro atoms. The molecule has 0 aromatic rings. The molecule has 0 aliphatic carbocycles. The van der Waals surface area contributed by atoms with Crippen LogP contribution in [0.25, 0.3) is 0 Å². The first kappa shape index (κ1) is 40.7. The van der Waals surface area contributed by atoms with Gasteiger partial charge < -0.3 is 35.0 Å². The van der Waals surface area contributed by atoms with Crippen LogP contribution in [-0.2, 0) is 14.3 Å². The van der Waals surface area contributed by atoms with E-state index in [1.54, 1.807) is 34.0 Å². The van der Waals surface area contributed by atoms with Crippen molar-refractivity contribution in [3.63, 3.8) is 0 Å². The zero-order chi connectivity index (χ0) is 33.2. The first-order chi connectivity index (χ1) is 20.8. The van der Waals surface area contributed by atoms with E-state index >= 15 is 0 Å². The van der Waals surface area contributed by atoms with Crippen LogP contribution in [0.5, 0.6) is 0 Å². The van der Waals surface area contributed by atoms with Gasteiger partial charge in [-0.3, -0.25) is 4.79 Å². The molecule has 0 saturated carbocycles. The lowest BCUT2D eigenvalue weighted by molar-refractivity contribution is -0.159. The van der Waals surface area contributed by atoms with E-state index in [4.69, 9.17) is 9.47 Å². The fourth-order valence-corrected chi connectivity index (χ4v) is 5.68. The Balaban J connectivity index is 3.22. The third-order valence-corrected chi connectivity index (χ3v) is 9.17. The molecule has 0 amide bonds. The molecule has 1 heterocycles. The number of carbonyl (C=O) groups excluding carboxylic acids is 1. The number of hydrogen-bond donors (Lipinski definition) is 5. The summed E-state index contributed by atoms with van der Waals surface area (Å²) >= 11 is 2.12. The van der Waals surface area contributed by atoms with E-state index in [0.717, 1.165) is 18.4 Å². The second-order valence-corrected chi connectivity index (χ2v) is 13.1. The number of rotatable bonds is 6. The molecule has 1 aliphatic heterocycles. The molecule has 5 N–H and O–H groups in total. The first-order valence-electron chi connectivity index (χ1n) is 15.9. The van der Waals surface area contributed by atoms with Crippen LogP contribution in [0.4, 0.5) is 0 Å². The molecule has 8 nitrogen and oxygen atoms in total. The van der Waals surface area contributed by atoms with Crippen molar-refractivity contribution in [2.24, 2.45) is 23.7 Å². The van der Waals surface area contributed by atoms with E-state index in [2.05, 4.69) is 22.6 Å². The number of hydrogen-bond acceptors (Lipinski definition) is 8. The van der Waals surface area contributed by atoms with Gasteiger partial charge in [0.25, 0.3) is 0 Å². The molecule has 1 aliphatic rings. The molecule has 0 bridgehead atoms. The van der Waals surface area contributed by atoms with E-state index in [1.165, 1.54) is 0 Å². The van der Waals surface area contributed by atoms with E-state index in [9.17, 15) is 30.3 Å². The van der Waals surface area contributed by atoms with Crippen LogP contribution in [0.1, 0.15) is 79.6 Å². The van der Waals surface area contributed by atoms with Gasteiger partial charge in [0.1, 0.15) is 6.10 Å². The Kier molecular flexibility index (Phi) is 20.6. The van der Waals surface area contributed by atoms with Crippen molar-refractivity contribution in [3.8, 4) is 0 Å². The van der Waals surface area contributed by atoms with Gasteiger partial charge in [-0.2, -0.15) is 0 Å². The molecule has 0 aromatic heterocycles. The minimum absolute atomic E-state index is 0.00569. The minimum Gasteiger partial charge on any atom is -0.462 e. The molecular weight excluding hydrogens is 675 g/mol. The fraction of sp³-hybridized carbons (Fsp3) is 0.686. The highest BCUT2D eigenvalue weighted by atomic mass is 127. The van der Waals surface area contributed by atoms with Crippen molar-refractivity contribution >= 4 is 28.6 Å². The normalized spacial score (nSPS) is 36.2. The number of ether oxygens (including phenoxy) is 2. The third-order valence-electron chi connectivity index (χ3n) is 8.76. The molecule has 0 fully saturated rings. The van der Waals surface area contributed by atoms with Gasteiger partial charge in [-0.1, -0.05) is 104 Å². The summed E-state index contributed by atoms with van der Waals surface area (Å²) in [5.74, 6) is -2.58. The summed E-state index contributed by atoms with van der Waals surface area (Å²) in [6, 6.07) is 0. The number of esters is 1. The van der Waals surface area contributed by atoms with Crippen molar-refractivity contribution in [1.29, 1.82) is 0 Å². The Bertz CT molecular complexity index is 960. The molecule has 0 radical (unpaired) electrons. The molecule has 9 heteroatoms. The molecule has 1 rings (SSSR count). The topological polar surface area (TPSA) is 137 Å². The third kappa shape index (κ3) is 15.3. The van der Waals surface area contributed by atoms with Gasteiger partial charge in [0.15, 0.2) is 0 Å². The van der Waals surface area contributed by atoms with Crippen LogP contribution < -0.4 is 0 Å². The number of cyclic esters (lactones) is 1. The van der Waals surface area contributed by atoms with Crippen molar-refractivity contribution in [2.45, 2.75) is 122 Å². The maximum absolute atomic E-state index is 13.1. The summed E-state index contributed by atoms with van der Waals surface area (Å²) in [6.07, 6.45) is 12.6. The summed E-state index contributed by atoms with van der Waals surface area (Å²) in [4.78, 5) is 13.1. The van der Waals surface area contributed by atoms with Gasteiger partial charge >= 0.3 is 5.97 Å². The maximum atomic E-state index is 13.1. The quantitative estimate of drug-likeness (QED) is 0.136. The number of carbonyl (C=O) groups is 1. The summed E-state index contributed by atoms with van der Waals surface area (Å²) < 4.78 is 13.3. The van der Waals surface area contributed by atoms with E-state index < -0.39 is 60.3 Å². The van der Waals surface area contributed by atoms with Crippen LogP contribution in [0, 0.1) is 23.7 Å². The Labute approximate surface area is 278 Å². The second kappa shape index (κ2) is 22.2. The molecule has 11 atom stereocenters. The van der Waals surface area contributed by atoms with Crippen molar-refractivity contribution in [3.05, 3.63) is 58.3 Å². The largest absolute Gasteiger partial charge is 0.462 e. The van der Waals surface area contributed by atoms with Gasteiger partial charge in [-0.15, -0.1) is 0 Å². The van der Waals surface area contributed by atoms with Gasteiger partial charge in [0.05, 0.1) is 43.0 Å². The molecule has 0 saturated heterocycles. The van der Waals surface area contributed by atoms with Crippen LogP contribution in [0.3, 0.4) is 0 Å².